The molecule has 0 fully saturated rings. The smallest absolute Gasteiger partial charge is 0.326 e. The van der Waals surface area contributed by atoms with Crippen molar-refractivity contribution >= 4 is 11.9 Å². The largest absolute Gasteiger partial charge is 0.480 e. The Balaban J connectivity index is 2.93. The summed E-state index contributed by atoms with van der Waals surface area (Å²) < 4.78 is 1.59. The van der Waals surface area contributed by atoms with E-state index in [-0.39, 0.29) is 5.92 Å². The number of nitrogens with one attached hydrogen (secondary N) is 1. The van der Waals surface area contributed by atoms with Crippen LogP contribution < -0.4 is 5.32 Å². The molecule has 1 amide bonds. The number of nitrogens with zero attached hydrogens (tertiary/aromatic N) is 2. The number of carbonyl (C=O) groups excluding carboxylic acids is 1. The topological polar surface area (TPSA) is 84.2 Å². The van der Waals surface area contributed by atoms with Gasteiger partial charge in [-0.05, 0) is 25.3 Å². The molecule has 0 aliphatic carbocycles. The summed E-state index contributed by atoms with van der Waals surface area (Å²) in [5.74, 6) is -1.60. The average molecular weight is 267 g/mol. The highest BCUT2D eigenvalue weighted by molar-refractivity contribution is 5.95. The normalized spacial score (nSPS) is 12.5. The van der Waals surface area contributed by atoms with Crippen molar-refractivity contribution in [1.29, 1.82) is 0 Å². The minimum absolute atomic E-state index is 0.176. The first-order valence-electron chi connectivity index (χ1n) is 6.51. The number of aliphatic carboxylic acids is 1. The molecule has 1 heterocycles. The van der Waals surface area contributed by atoms with Crippen LogP contribution in [0, 0.1) is 5.92 Å². The number of rotatable bonds is 6. The lowest BCUT2D eigenvalue weighted by Gasteiger charge is -2.17. The van der Waals surface area contributed by atoms with Crippen LogP contribution in [0.3, 0.4) is 0 Å². The number of carbonyl (C=O) groups is 2. The van der Waals surface area contributed by atoms with Crippen LogP contribution >= 0.6 is 0 Å². The molecule has 0 aromatic carbocycles. The van der Waals surface area contributed by atoms with Gasteiger partial charge in [0.2, 0.25) is 0 Å². The van der Waals surface area contributed by atoms with Gasteiger partial charge in [0.25, 0.3) is 5.91 Å². The minimum atomic E-state index is -1.03. The zero-order valence-corrected chi connectivity index (χ0v) is 11.8. The Morgan fingerprint density at radius 2 is 2.05 bits per heavy atom. The Labute approximate surface area is 112 Å². The van der Waals surface area contributed by atoms with E-state index in [0.29, 0.717) is 12.2 Å². The maximum Gasteiger partial charge on any atom is 0.326 e. The molecular formula is C13H21N3O3. The van der Waals surface area contributed by atoms with E-state index < -0.39 is 17.9 Å². The summed E-state index contributed by atoms with van der Waals surface area (Å²) >= 11 is 0. The number of hydrogen-bond acceptors (Lipinski definition) is 3. The van der Waals surface area contributed by atoms with E-state index in [9.17, 15) is 9.59 Å². The minimum Gasteiger partial charge on any atom is -0.480 e. The van der Waals surface area contributed by atoms with E-state index in [4.69, 9.17) is 5.11 Å². The van der Waals surface area contributed by atoms with E-state index in [0.717, 1.165) is 12.1 Å². The van der Waals surface area contributed by atoms with E-state index in [1.54, 1.807) is 24.6 Å². The van der Waals surface area contributed by atoms with Crippen LogP contribution in [0.5, 0.6) is 0 Å². The lowest BCUT2D eigenvalue weighted by Crippen LogP contribution is -2.44. The third-order valence-electron chi connectivity index (χ3n) is 2.94. The van der Waals surface area contributed by atoms with Gasteiger partial charge in [-0.25, -0.2) is 4.79 Å². The van der Waals surface area contributed by atoms with Gasteiger partial charge < -0.3 is 10.4 Å². The fourth-order valence-electron chi connectivity index (χ4n) is 1.80. The summed E-state index contributed by atoms with van der Waals surface area (Å²) in [5, 5.41) is 15.9. The highest BCUT2D eigenvalue weighted by Gasteiger charge is 2.25. The van der Waals surface area contributed by atoms with Gasteiger partial charge in [-0.1, -0.05) is 20.8 Å². The molecular weight excluding hydrogens is 246 g/mol. The molecule has 0 unspecified atom stereocenters. The monoisotopic (exact) mass is 267 g/mol. The SMILES string of the molecule is CCc1cc(C(=O)N[C@H](C(=O)O)C(C)C)n(CC)n1. The van der Waals surface area contributed by atoms with Crippen molar-refractivity contribution in [3.05, 3.63) is 17.5 Å². The number of aromatic nitrogens is 2. The Morgan fingerprint density at radius 3 is 2.47 bits per heavy atom. The van der Waals surface area contributed by atoms with Gasteiger partial charge in [0.1, 0.15) is 11.7 Å². The second-order valence-corrected chi connectivity index (χ2v) is 4.72. The quantitative estimate of drug-likeness (QED) is 0.813. The zero-order chi connectivity index (χ0) is 14.6. The average Bonchev–Trinajstić information content (AvgIpc) is 2.78. The van der Waals surface area contributed by atoms with Crippen LogP contribution in [0.1, 0.15) is 43.9 Å². The highest BCUT2D eigenvalue weighted by atomic mass is 16.4. The standard InChI is InChI=1S/C13H21N3O3/c1-5-9-7-10(16(6-2)15-9)12(17)14-11(8(3)4)13(18)19/h7-8,11H,5-6H2,1-4H3,(H,14,17)(H,18,19)/t11-/m0/s1. The summed E-state index contributed by atoms with van der Waals surface area (Å²) in [6.45, 7) is 7.93. The highest BCUT2D eigenvalue weighted by Crippen LogP contribution is 2.08. The third-order valence-corrected chi connectivity index (χ3v) is 2.94. The van der Waals surface area contributed by atoms with Gasteiger partial charge in [-0.15, -0.1) is 0 Å². The van der Waals surface area contributed by atoms with Crippen molar-refractivity contribution in [3.63, 3.8) is 0 Å². The lowest BCUT2D eigenvalue weighted by atomic mass is 10.0. The van der Waals surface area contributed by atoms with Crippen molar-refractivity contribution < 1.29 is 14.7 Å². The van der Waals surface area contributed by atoms with E-state index in [1.165, 1.54) is 0 Å². The molecule has 1 aromatic rings. The summed E-state index contributed by atoms with van der Waals surface area (Å²) in [7, 11) is 0. The Kier molecular flexibility index (Phi) is 5.09. The molecule has 0 aliphatic rings. The van der Waals surface area contributed by atoms with Crippen molar-refractivity contribution in [2.75, 3.05) is 0 Å². The van der Waals surface area contributed by atoms with Crippen LogP contribution in [-0.4, -0.2) is 32.8 Å². The third kappa shape index (κ3) is 3.56. The van der Waals surface area contributed by atoms with Crippen molar-refractivity contribution in [2.24, 2.45) is 5.92 Å². The number of carboxylic acid groups (broad SMARTS) is 1. The molecule has 2 N–H and O–H groups in total. The van der Waals surface area contributed by atoms with Gasteiger partial charge in [0.05, 0.1) is 5.69 Å². The second kappa shape index (κ2) is 6.36. The van der Waals surface area contributed by atoms with Crippen LogP contribution in [-0.2, 0) is 17.8 Å². The fraction of sp³-hybridized carbons (Fsp3) is 0.615. The summed E-state index contributed by atoms with van der Waals surface area (Å²) in [6.07, 6.45) is 0.736. The van der Waals surface area contributed by atoms with Crippen LogP contribution in [0.2, 0.25) is 0 Å². The van der Waals surface area contributed by atoms with Crippen LogP contribution in [0.4, 0.5) is 0 Å². The molecule has 1 aromatic heterocycles. The first-order valence-corrected chi connectivity index (χ1v) is 6.51. The molecule has 0 saturated heterocycles. The van der Waals surface area contributed by atoms with Gasteiger partial charge >= 0.3 is 5.97 Å². The van der Waals surface area contributed by atoms with Crippen LogP contribution in [0.25, 0.3) is 0 Å². The predicted molar refractivity (Wildman–Crippen MR) is 71.0 cm³/mol. The summed E-state index contributed by atoms with van der Waals surface area (Å²) in [5.41, 5.74) is 1.23. The van der Waals surface area contributed by atoms with Crippen LogP contribution in [0.15, 0.2) is 6.07 Å². The van der Waals surface area contributed by atoms with Crippen molar-refractivity contribution in [2.45, 2.75) is 46.7 Å². The Hall–Kier alpha value is -1.85. The molecule has 0 bridgehead atoms. The van der Waals surface area contributed by atoms with E-state index in [1.807, 2.05) is 13.8 Å². The molecule has 0 aliphatic heterocycles. The van der Waals surface area contributed by atoms with E-state index >= 15 is 0 Å². The maximum absolute atomic E-state index is 12.1. The summed E-state index contributed by atoms with van der Waals surface area (Å²) in [4.78, 5) is 23.2. The molecule has 106 valence electrons. The van der Waals surface area contributed by atoms with Gasteiger partial charge in [-0.2, -0.15) is 5.10 Å². The molecule has 0 radical (unpaired) electrons. The first-order chi connectivity index (χ1) is 8.90. The maximum atomic E-state index is 12.1. The fourth-order valence-corrected chi connectivity index (χ4v) is 1.80. The number of hydrogen-bond donors (Lipinski definition) is 2. The van der Waals surface area contributed by atoms with Gasteiger partial charge in [-0.3, -0.25) is 9.48 Å². The number of carboxylic acids is 1. The summed E-state index contributed by atoms with van der Waals surface area (Å²) in [6, 6.07) is 0.815. The molecule has 1 rings (SSSR count). The van der Waals surface area contributed by atoms with Crippen molar-refractivity contribution in [3.8, 4) is 0 Å². The molecule has 6 heteroatoms. The molecule has 19 heavy (non-hydrogen) atoms. The molecule has 0 spiro atoms. The number of amides is 1. The van der Waals surface area contributed by atoms with Gasteiger partial charge in [0, 0.05) is 6.54 Å². The van der Waals surface area contributed by atoms with E-state index in [2.05, 4.69) is 10.4 Å². The molecule has 0 saturated carbocycles. The van der Waals surface area contributed by atoms with Crippen molar-refractivity contribution in [1.82, 2.24) is 15.1 Å². The molecule has 1 atom stereocenters. The lowest BCUT2D eigenvalue weighted by molar-refractivity contribution is -0.140. The first kappa shape index (κ1) is 15.2. The second-order valence-electron chi connectivity index (χ2n) is 4.72. The predicted octanol–water partition coefficient (Wildman–Crippen LogP) is 1.30. The Bertz CT molecular complexity index is 466. The number of aryl methyl sites for hydroxylation is 2. The zero-order valence-electron chi connectivity index (χ0n) is 11.8. The Morgan fingerprint density at radius 1 is 1.42 bits per heavy atom. The van der Waals surface area contributed by atoms with Gasteiger partial charge in [0.15, 0.2) is 0 Å². The molecule has 6 nitrogen and oxygen atoms in total.